The normalized spacial score (nSPS) is 22.5. The average molecular weight is 215 g/mol. The average Bonchev–Trinajstić information content (AvgIpc) is 2.17. The van der Waals surface area contributed by atoms with Crippen molar-refractivity contribution in [3.8, 4) is 0 Å². The molecule has 1 amide bonds. The van der Waals surface area contributed by atoms with Gasteiger partial charge in [-0.2, -0.15) is 0 Å². The fraction of sp³-hybridized carbons (Fsp3) is 0.909. The molecule has 1 atom stereocenters. The molecule has 4 heteroatoms. The minimum absolute atomic E-state index is 0.0565. The van der Waals surface area contributed by atoms with Gasteiger partial charge >= 0.3 is 0 Å². The van der Waals surface area contributed by atoms with E-state index >= 15 is 0 Å². The highest BCUT2D eigenvalue weighted by Crippen LogP contribution is 2.16. The molecule has 15 heavy (non-hydrogen) atoms. The van der Waals surface area contributed by atoms with Crippen molar-refractivity contribution in [2.24, 2.45) is 5.41 Å². The first-order valence-electron chi connectivity index (χ1n) is 5.46. The van der Waals surface area contributed by atoms with E-state index in [0.29, 0.717) is 26.4 Å². The van der Waals surface area contributed by atoms with Gasteiger partial charge in [-0.15, -0.1) is 0 Å². The number of carbonyl (C=O) groups is 1. The van der Waals surface area contributed by atoms with Crippen LogP contribution in [0.25, 0.3) is 0 Å². The second-order valence-corrected chi connectivity index (χ2v) is 5.04. The number of carbonyl (C=O) groups excluding carboxylic acids is 1. The highest BCUT2D eigenvalue weighted by molar-refractivity contribution is 5.80. The lowest BCUT2D eigenvalue weighted by Gasteiger charge is -2.23. The van der Waals surface area contributed by atoms with Gasteiger partial charge in [0.25, 0.3) is 5.91 Å². The molecule has 4 nitrogen and oxygen atoms in total. The van der Waals surface area contributed by atoms with Crippen LogP contribution in [0.15, 0.2) is 0 Å². The molecule has 1 fully saturated rings. The van der Waals surface area contributed by atoms with E-state index in [1.165, 1.54) is 0 Å². The first-order valence-corrected chi connectivity index (χ1v) is 5.46. The summed E-state index contributed by atoms with van der Waals surface area (Å²) in [6.07, 6.45) is 0.547. The Morgan fingerprint density at radius 2 is 2.13 bits per heavy atom. The molecule has 1 heterocycles. The highest BCUT2D eigenvalue weighted by atomic mass is 16.6. The van der Waals surface area contributed by atoms with Crippen LogP contribution in [0.2, 0.25) is 0 Å². The van der Waals surface area contributed by atoms with Gasteiger partial charge < -0.3 is 14.8 Å². The van der Waals surface area contributed by atoms with Gasteiger partial charge in [0.1, 0.15) is 0 Å². The number of rotatable bonds is 3. The van der Waals surface area contributed by atoms with Gasteiger partial charge in [0.15, 0.2) is 6.10 Å². The van der Waals surface area contributed by atoms with E-state index in [4.69, 9.17) is 9.47 Å². The molecule has 1 aliphatic rings. The van der Waals surface area contributed by atoms with Gasteiger partial charge in [-0.1, -0.05) is 20.8 Å². The van der Waals surface area contributed by atoms with Crippen molar-refractivity contribution in [2.75, 3.05) is 26.4 Å². The van der Waals surface area contributed by atoms with Crippen molar-refractivity contribution in [3.63, 3.8) is 0 Å². The number of hydrogen-bond acceptors (Lipinski definition) is 3. The van der Waals surface area contributed by atoms with E-state index in [9.17, 15) is 4.79 Å². The maximum atomic E-state index is 11.6. The fourth-order valence-electron chi connectivity index (χ4n) is 1.31. The lowest BCUT2D eigenvalue weighted by molar-refractivity contribution is -0.147. The van der Waals surface area contributed by atoms with Crippen molar-refractivity contribution in [3.05, 3.63) is 0 Å². The summed E-state index contributed by atoms with van der Waals surface area (Å²) in [5.74, 6) is -0.0565. The molecule has 1 N–H and O–H groups in total. The van der Waals surface area contributed by atoms with Crippen LogP contribution >= 0.6 is 0 Å². The molecule has 0 aromatic heterocycles. The van der Waals surface area contributed by atoms with Gasteiger partial charge in [-0.25, -0.2) is 0 Å². The van der Waals surface area contributed by atoms with Crippen molar-refractivity contribution in [1.29, 1.82) is 0 Å². The maximum Gasteiger partial charge on any atom is 0.251 e. The molecule has 0 aromatic carbocycles. The SMILES string of the molecule is CC(C)(C)CCNC(=O)[C@H]1COCCO1. The summed E-state index contributed by atoms with van der Waals surface area (Å²) in [7, 11) is 0. The lowest BCUT2D eigenvalue weighted by Crippen LogP contribution is -2.43. The zero-order chi connectivity index (χ0) is 11.3. The third-order valence-electron chi connectivity index (χ3n) is 2.28. The molecule has 1 saturated heterocycles. The molecule has 1 rings (SSSR count). The number of nitrogens with one attached hydrogen (secondary N) is 1. The van der Waals surface area contributed by atoms with Crippen LogP contribution in [0.4, 0.5) is 0 Å². The molecule has 88 valence electrons. The van der Waals surface area contributed by atoms with Gasteiger partial charge in [0, 0.05) is 6.54 Å². The Hall–Kier alpha value is -0.610. The van der Waals surface area contributed by atoms with Gasteiger partial charge in [-0.05, 0) is 11.8 Å². The lowest BCUT2D eigenvalue weighted by atomic mass is 9.92. The molecule has 1 aliphatic heterocycles. The Balaban J connectivity index is 2.17. The molecular formula is C11H21NO3. The van der Waals surface area contributed by atoms with Gasteiger partial charge in [-0.3, -0.25) is 4.79 Å². The van der Waals surface area contributed by atoms with Gasteiger partial charge in [0.2, 0.25) is 0 Å². The first-order chi connectivity index (χ1) is 6.99. The molecule has 0 aliphatic carbocycles. The molecule has 0 spiro atoms. The molecule has 0 bridgehead atoms. The standard InChI is InChI=1S/C11H21NO3/c1-11(2,3)4-5-12-10(13)9-8-14-6-7-15-9/h9H,4-8H2,1-3H3,(H,12,13)/t9-/m1/s1. The minimum atomic E-state index is -0.418. The Kier molecular flexibility index (Phi) is 4.54. The van der Waals surface area contributed by atoms with E-state index in [0.717, 1.165) is 6.42 Å². The monoisotopic (exact) mass is 215 g/mol. The van der Waals surface area contributed by atoms with Crippen LogP contribution < -0.4 is 5.32 Å². The predicted molar refractivity (Wildman–Crippen MR) is 57.6 cm³/mol. The molecule has 0 unspecified atom stereocenters. The van der Waals surface area contributed by atoms with E-state index in [2.05, 4.69) is 26.1 Å². The fourth-order valence-corrected chi connectivity index (χ4v) is 1.31. The summed E-state index contributed by atoms with van der Waals surface area (Å²) < 4.78 is 10.4. The van der Waals surface area contributed by atoms with Crippen LogP contribution in [0.1, 0.15) is 27.2 Å². The Morgan fingerprint density at radius 1 is 1.40 bits per heavy atom. The van der Waals surface area contributed by atoms with Crippen molar-refractivity contribution in [1.82, 2.24) is 5.32 Å². The summed E-state index contributed by atoms with van der Waals surface area (Å²) in [5.41, 5.74) is 0.247. The summed E-state index contributed by atoms with van der Waals surface area (Å²) in [4.78, 5) is 11.6. The highest BCUT2D eigenvalue weighted by Gasteiger charge is 2.22. The maximum absolute atomic E-state index is 11.6. The first kappa shape index (κ1) is 12.5. The van der Waals surface area contributed by atoms with E-state index in [1.807, 2.05) is 0 Å². The van der Waals surface area contributed by atoms with Crippen molar-refractivity contribution >= 4 is 5.91 Å². The largest absolute Gasteiger partial charge is 0.376 e. The minimum Gasteiger partial charge on any atom is -0.376 e. The number of amides is 1. The number of hydrogen-bond donors (Lipinski definition) is 1. The van der Waals surface area contributed by atoms with E-state index in [1.54, 1.807) is 0 Å². The van der Waals surface area contributed by atoms with Gasteiger partial charge in [0.05, 0.1) is 19.8 Å². The zero-order valence-corrected chi connectivity index (χ0v) is 9.84. The smallest absolute Gasteiger partial charge is 0.251 e. The second kappa shape index (κ2) is 5.47. The quantitative estimate of drug-likeness (QED) is 0.762. The molecule has 0 saturated carbocycles. The third kappa shape index (κ3) is 5.14. The third-order valence-corrected chi connectivity index (χ3v) is 2.28. The summed E-state index contributed by atoms with van der Waals surface area (Å²) in [5, 5.41) is 2.86. The zero-order valence-electron chi connectivity index (χ0n) is 9.84. The van der Waals surface area contributed by atoms with E-state index < -0.39 is 6.10 Å². The molecule has 0 aromatic rings. The van der Waals surface area contributed by atoms with Crippen LogP contribution in [0, 0.1) is 5.41 Å². The molecule has 0 radical (unpaired) electrons. The Bertz CT molecular complexity index is 204. The van der Waals surface area contributed by atoms with Crippen molar-refractivity contribution in [2.45, 2.75) is 33.3 Å². The van der Waals surface area contributed by atoms with E-state index in [-0.39, 0.29) is 11.3 Å². The summed E-state index contributed by atoms with van der Waals surface area (Å²) in [6, 6.07) is 0. The Labute approximate surface area is 91.3 Å². The van der Waals surface area contributed by atoms with Crippen molar-refractivity contribution < 1.29 is 14.3 Å². The number of ether oxygens (including phenoxy) is 2. The summed E-state index contributed by atoms with van der Waals surface area (Å²) in [6.45, 7) is 8.63. The van der Waals surface area contributed by atoms with Crippen LogP contribution in [-0.2, 0) is 14.3 Å². The topological polar surface area (TPSA) is 47.6 Å². The second-order valence-electron chi connectivity index (χ2n) is 5.04. The predicted octanol–water partition coefficient (Wildman–Crippen LogP) is 0.954. The van der Waals surface area contributed by atoms with Crippen LogP contribution in [0.5, 0.6) is 0 Å². The Morgan fingerprint density at radius 3 is 2.67 bits per heavy atom. The van der Waals surface area contributed by atoms with Crippen LogP contribution in [-0.4, -0.2) is 38.4 Å². The van der Waals surface area contributed by atoms with Crippen LogP contribution in [0.3, 0.4) is 0 Å². The summed E-state index contributed by atoms with van der Waals surface area (Å²) >= 11 is 0. The molecular weight excluding hydrogens is 194 g/mol.